The topological polar surface area (TPSA) is 89.0 Å². The lowest BCUT2D eigenvalue weighted by molar-refractivity contribution is -0.138. The number of methoxy groups -OCH3 is 2. The van der Waals surface area contributed by atoms with Crippen molar-refractivity contribution >= 4 is 22.8 Å². The van der Waals surface area contributed by atoms with Crippen LogP contribution in [0.25, 0.3) is 10.9 Å². The molecule has 1 unspecified atom stereocenters. The summed E-state index contributed by atoms with van der Waals surface area (Å²) in [5.74, 6) is -1.08. The first-order valence-corrected chi connectivity index (χ1v) is 9.74. The standard InChI is InChI=1S/C23H21FN2O5/c1-30-19-9-13-5-7-26(18(12-21(27)28)16(13)11-20(19)31-2)23(29)17-10-15(24)8-14-4-3-6-25-22(14)17/h3-4,6,8-11,18H,5,7,12H2,1-2H3,(H,27,28). The molecular formula is C23H21FN2O5. The van der Waals surface area contributed by atoms with E-state index in [-0.39, 0.29) is 18.5 Å². The highest BCUT2D eigenvalue weighted by molar-refractivity contribution is 6.05. The molecule has 160 valence electrons. The molecule has 1 aliphatic rings. The van der Waals surface area contributed by atoms with E-state index >= 15 is 0 Å². The summed E-state index contributed by atoms with van der Waals surface area (Å²) in [4.78, 5) is 30.9. The number of benzene rings is 2. The Kier molecular flexibility index (Phi) is 5.46. The molecule has 0 fully saturated rings. The predicted molar refractivity (Wildman–Crippen MR) is 111 cm³/mol. The molecule has 2 heterocycles. The fraction of sp³-hybridized carbons (Fsp3) is 0.261. The van der Waals surface area contributed by atoms with Crippen molar-refractivity contribution in [3.63, 3.8) is 0 Å². The number of hydrogen-bond donors (Lipinski definition) is 1. The Morgan fingerprint density at radius 2 is 1.94 bits per heavy atom. The molecule has 31 heavy (non-hydrogen) atoms. The van der Waals surface area contributed by atoms with Crippen LogP contribution in [0.2, 0.25) is 0 Å². The van der Waals surface area contributed by atoms with Gasteiger partial charge in [0, 0.05) is 18.1 Å². The molecule has 0 saturated carbocycles. The Balaban J connectivity index is 1.82. The molecular weight excluding hydrogens is 403 g/mol. The maximum absolute atomic E-state index is 14.2. The fourth-order valence-electron chi connectivity index (χ4n) is 4.13. The third kappa shape index (κ3) is 3.76. The largest absolute Gasteiger partial charge is 0.493 e. The van der Waals surface area contributed by atoms with E-state index in [1.165, 1.54) is 31.4 Å². The maximum atomic E-state index is 14.2. The van der Waals surface area contributed by atoms with Crippen LogP contribution < -0.4 is 9.47 Å². The summed E-state index contributed by atoms with van der Waals surface area (Å²) in [6, 6.07) is 8.60. The summed E-state index contributed by atoms with van der Waals surface area (Å²) < 4.78 is 25.0. The number of halogens is 1. The van der Waals surface area contributed by atoms with Gasteiger partial charge in [-0.25, -0.2) is 4.39 Å². The molecule has 2 aromatic carbocycles. The van der Waals surface area contributed by atoms with Crippen LogP contribution in [0.15, 0.2) is 42.6 Å². The van der Waals surface area contributed by atoms with Gasteiger partial charge in [0.2, 0.25) is 0 Å². The van der Waals surface area contributed by atoms with Gasteiger partial charge in [-0.3, -0.25) is 14.6 Å². The van der Waals surface area contributed by atoms with Gasteiger partial charge >= 0.3 is 5.97 Å². The lowest BCUT2D eigenvalue weighted by atomic mass is 9.89. The van der Waals surface area contributed by atoms with Crippen LogP contribution >= 0.6 is 0 Å². The number of carbonyl (C=O) groups excluding carboxylic acids is 1. The zero-order chi connectivity index (χ0) is 22.1. The number of carbonyl (C=O) groups is 2. The number of amides is 1. The average Bonchev–Trinajstić information content (AvgIpc) is 2.76. The van der Waals surface area contributed by atoms with Gasteiger partial charge in [0.1, 0.15) is 5.82 Å². The van der Waals surface area contributed by atoms with Crippen molar-refractivity contribution in [3.8, 4) is 11.5 Å². The lowest BCUT2D eigenvalue weighted by Crippen LogP contribution is -2.41. The number of carboxylic acids is 1. The SMILES string of the molecule is COc1cc2c(cc1OC)C(CC(=O)O)N(C(=O)c1cc(F)cc3cccnc13)CC2. The second kappa shape index (κ2) is 8.22. The molecule has 0 bridgehead atoms. The molecule has 0 radical (unpaired) electrons. The van der Waals surface area contributed by atoms with E-state index in [1.54, 1.807) is 18.2 Å². The van der Waals surface area contributed by atoms with Gasteiger partial charge in [0.25, 0.3) is 5.91 Å². The van der Waals surface area contributed by atoms with Crippen molar-refractivity contribution in [3.05, 3.63) is 65.1 Å². The van der Waals surface area contributed by atoms with Crippen LogP contribution in [0.5, 0.6) is 11.5 Å². The number of carboxylic acid groups (broad SMARTS) is 1. The van der Waals surface area contributed by atoms with E-state index < -0.39 is 23.7 Å². The van der Waals surface area contributed by atoms with Crippen LogP contribution in [0.3, 0.4) is 0 Å². The number of nitrogens with zero attached hydrogens (tertiary/aromatic N) is 2. The molecule has 0 aliphatic carbocycles. The first kappa shape index (κ1) is 20.6. The molecule has 1 amide bonds. The van der Waals surface area contributed by atoms with Crippen LogP contribution in [0, 0.1) is 5.82 Å². The number of hydrogen-bond acceptors (Lipinski definition) is 5. The minimum Gasteiger partial charge on any atom is -0.493 e. The van der Waals surface area contributed by atoms with Crippen molar-refractivity contribution in [2.45, 2.75) is 18.9 Å². The highest BCUT2D eigenvalue weighted by Crippen LogP contribution is 2.40. The van der Waals surface area contributed by atoms with Crippen LogP contribution in [0.4, 0.5) is 4.39 Å². The molecule has 8 heteroatoms. The zero-order valence-corrected chi connectivity index (χ0v) is 17.1. The van der Waals surface area contributed by atoms with Crippen LogP contribution in [-0.4, -0.2) is 47.6 Å². The van der Waals surface area contributed by atoms with E-state index in [0.29, 0.717) is 34.4 Å². The summed E-state index contributed by atoms with van der Waals surface area (Å²) >= 11 is 0. The van der Waals surface area contributed by atoms with Crippen LogP contribution in [-0.2, 0) is 11.2 Å². The highest BCUT2D eigenvalue weighted by Gasteiger charge is 2.35. The number of pyridine rings is 1. The Morgan fingerprint density at radius 1 is 1.19 bits per heavy atom. The van der Waals surface area contributed by atoms with E-state index in [9.17, 15) is 19.1 Å². The van der Waals surface area contributed by atoms with Gasteiger partial charge in [-0.2, -0.15) is 0 Å². The van der Waals surface area contributed by atoms with Gasteiger partial charge < -0.3 is 19.5 Å². The smallest absolute Gasteiger partial charge is 0.305 e. The Bertz CT molecular complexity index is 1180. The van der Waals surface area contributed by atoms with Crippen molar-refractivity contribution in [2.75, 3.05) is 20.8 Å². The van der Waals surface area contributed by atoms with E-state index in [0.717, 1.165) is 11.6 Å². The maximum Gasteiger partial charge on any atom is 0.305 e. The molecule has 0 saturated heterocycles. The fourth-order valence-corrected chi connectivity index (χ4v) is 4.13. The monoisotopic (exact) mass is 424 g/mol. The molecule has 4 rings (SSSR count). The highest BCUT2D eigenvalue weighted by atomic mass is 19.1. The van der Waals surface area contributed by atoms with E-state index in [2.05, 4.69) is 4.98 Å². The number of ether oxygens (including phenoxy) is 2. The van der Waals surface area contributed by atoms with Crippen molar-refractivity contribution in [1.29, 1.82) is 0 Å². The normalized spacial score (nSPS) is 15.5. The quantitative estimate of drug-likeness (QED) is 0.673. The van der Waals surface area contributed by atoms with Crippen molar-refractivity contribution < 1.29 is 28.6 Å². The summed E-state index contributed by atoms with van der Waals surface area (Å²) in [5.41, 5.74) is 2.04. The second-order valence-corrected chi connectivity index (χ2v) is 7.30. The van der Waals surface area contributed by atoms with Crippen molar-refractivity contribution in [2.24, 2.45) is 0 Å². The molecule has 0 spiro atoms. The summed E-state index contributed by atoms with van der Waals surface area (Å²) in [6.45, 7) is 0.282. The first-order valence-electron chi connectivity index (χ1n) is 9.74. The predicted octanol–water partition coefficient (Wildman–Crippen LogP) is 3.61. The number of rotatable bonds is 5. The average molecular weight is 424 g/mol. The Morgan fingerprint density at radius 3 is 2.65 bits per heavy atom. The number of fused-ring (bicyclic) bond motifs is 2. The molecule has 1 N–H and O–H groups in total. The molecule has 3 aromatic rings. The van der Waals surface area contributed by atoms with E-state index in [4.69, 9.17) is 9.47 Å². The molecule has 1 atom stereocenters. The second-order valence-electron chi connectivity index (χ2n) is 7.30. The zero-order valence-electron chi connectivity index (χ0n) is 17.1. The minimum atomic E-state index is -1.05. The molecule has 1 aromatic heterocycles. The van der Waals surface area contributed by atoms with Crippen LogP contribution in [0.1, 0.15) is 33.9 Å². The summed E-state index contributed by atoms with van der Waals surface area (Å²) in [7, 11) is 3.02. The number of aromatic nitrogens is 1. The van der Waals surface area contributed by atoms with Gasteiger partial charge in [-0.1, -0.05) is 6.07 Å². The van der Waals surface area contributed by atoms with Gasteiger partial charge in [0.15, 0.2) is 11.5 Å². The Labute approximate surface area is 178 Å². The summed E-state index contributed by atoms with van der Waals surface area (Å²) in [6.07, 6.45) is 1.74. The minimum absolute atomic E-state index is 0.106. The summed E-state index contributed by atoms with van der Waals surface area (Å²) in [5, 5.41) is 10.0. The molecule has 7 nitrogen and oxygen atoms in total. The third-order valence-corrected chi connectivity index (χ3v) is 5.53. The third-order valence-electron chi connectivity index (χ3n) is 5.53. The lowest BCUT2D eigenvalue weighted by Gasteiger charge is -2.37. The number of aliphatic carboxylic acids is 1. The van der Waals surface area contributed by atoms with Gasteiger partial charge in [-0.15, -0.1) is 0 Å². The van der Waals surface area contributed by atoms with Gasteiger partial charge in [-0.05, 0) is 47.9 Å². The van der Waals surface area contributed by atoms with Gasteiger partial charge in [0.05, 0.1) is 37.8 Å². The first-order chi connectivity index (χ1) is 14.9. The van der Waals surface area contributed by atoms with Crippen molar-refractivity contribution in [1.82, 2.24) is 9.88 Å². The Hall–Kier alpha value is -3.68. The molecule has 1 aliphatic heterocycles. The van der Waals surface area contributed by atoms with E-state index in [1.807, 2.05) is 6.07 Å².